The standard InChI is InChI=1S/C6H9NO3/c1-4(8)6(2-3-6)10-5(7)9/h2-3H2,1H3,(H2,7,9). The zero-order chi connectivity index (χ0) is 7.78. The van der Waals surface area contributed by atoms with Crippen LogP contribution in [-0.2, 0) is 9.53 Å². The summed E-state index contributed by atoms with van der Waals surface area (Å²) in [6.07, 6.45) is 0.365. The highest BCUT2D eigenvalue weighted by molar-refractivity contribution is 5.90. The fourth-order valence-corrected chi connectivity index (χ4v) is 0.832. The molecule has 4 heteroatoms. The Morgan fingerprint density at radius 1 is 1.50 bits per heavy atom. The number of nitrogens with two attached hydrogens (primary N) is 1. The molecule has 0 atom stereocenters. The molecule has 0 aliphatic heterocycles. The Kier molecular flexibility index (Phi) is 1.39. The Bertz CT molecular complexity index is 183. The van der Waals surface area contributed by atoms with Gasteiger partial charge in [-0.05, 0) is 19.8 Å². The van der Waals surface area contributed by atoms with Crippen molar-refractivity contribution >= 4 is 11.9 Å². The van der Waals surface area contributed by atoms with Crippen LogP contribution in [0.1, 0.15) is 19.8 Å². The molecule has 0 bridgehead atoms. The number of carbonyl (C=O) groups excluding carboxylic acids is 2. The third kappa shape index (κ3) is 1.10. The van der Waals surface area contributed by atoms with Gasteiger partial charge in [0, 0.05) is 0 Å². The van der Waals surface area contributed by atoms with Crippen molar-refractivity contribution in [1.29, 1.82) is 0 Å². The van der Waals surface area contributed by atoms with Crippen LogP contribution in [0.2, 0.25) is 0 Å². The van der Waals surface area contributed by atoms with Gasteiger partial charge in [-0.2, -0.15) is 0 Å². The first-order valence-electron chi connectivity index (χ1n) is 3.06. The third-order valence-electron chi connectivity index (χ3n) is 1.64. The molecule has 0 spiro atoms. The number of Topliss-reactive ketones (excluding diaryl/α,β-unsaturated/α-hetero) is 1. The Hall–Kier alpha value is -1.06. The quantitative estimate of drug-likeness (QED) is 0.600. The van der Waals surface area contributed by atoms with E-state index < -0.39 is 11.7 Å². The predicted molar refractivity (Wildman–Crippen MR) is 33.3 cm³/mol. The van der Waals surface area contributed by atoms with Crippen molar-refractivity contribution in [1.82, 2.24) is 0 Å². The number of primary amides is 1. The van der Waals surface area contributed by atoms with Crippen LogP contribution in [0.3, 0.4) is 0 Å². The van der Waals surface area contributed by atoms with Gasteiger partial charge in [0.15, 0.2) is 11.4 Å². The molecule has 0 radical (unpaired) electrons. The van der Waals surface area contributed by atoms with Crippen LogP contribution in [0.4, 0.5) is 4.79 Å². The smallest absolute Gasteiger partial charge is 0.405 e. The highest BCUT2D eigenvalue weighted by Crippen LogP contribution is 2.40. The lowest BCUT2D eigenvalue weighted by atomic mass is 10.2. The monoisotopic (exact) mass is 143 g/mol. The molecule has 1 fully saturated rings. The van der Waals surface area contributed by atoms with Gasteiger partial charge in [0.1, 0.15) is 0 Å². The molecule has 1 aliphatic carbocycles. The summed E-state index contributed by atoms with van der Waals surface area (Å²) in [6.45, 7) is 1.40. The van der Waals surface area contributed by atoms with Gasteiger partial charge < -0.3 is 10.5 Å². The first kappa shape index (κ1) is 7.05. The summed E-state index contributed by atoms with van der Waals surface area (Å²) in [5, 5.41) is 0. The molecule has 56 valence electrons. The Labute approximate surface area is 58.3 Å². The maximum absolute atomic E-state index is 10.7. The number of ether oxygens (including phenoxy) is 1. The molecule has 0 aromatic heterocycles. The third-order valence-corrected chi connectivity index (χ3v) is 1.64. The largest absolute Gasteiger partial charge is 0.435 e. The molecule has 1 aliphatic rings. The van der Waals surface area contributed by atoms with Crippen molar-refractivity contribution < 1.29 is 14.3 Å². The minimum absolute atomic E-state index is 0.119. The van der Waals surface area contributed by atoms with Crippen molar-refractivity contribution in [3.63, 3.8) is 0 Å². The molecule has 1 rings (SSSR count). The maximum Gasteiger partial charge on any atom is 0.405 e. The number of hydrogen-bond donors (Lipinski definition) is 1. The fraction of sp³-hybridized carbons (Fsp3) is 0.667. The Balaban J connectivity index is 2.53. The van der Waals surface area contributed by atoms with E-state index in [0.29, 0.717) is 12.8 Å². The van der Waals surface area contributed by atoms with E-state index in [9.17, 15) is 9.59 Å². The number of hydrogen-bond acceptors (Lipinski definition) is 3. The summed E-state index contributed by atoms with van der Waals surface area (Å²) < 4.78 is 4.60. The van der Waals surface area contributed by atoms with E-state index in [-0.39, 0.29) is 5.78 Å². The summed E-state index contributed by atoms with van der Waals surface area (Å²) in [7, 11) is 0. The molecule has 2 N–H and O–H groups in total. The number of amides is 1. The van der Waals surface area contributed by atoms with Crippen LogP contribution >= 0.6 is 0 Å². The van der Waals surface area contributed by atoms with Gasteiger partial charge in [0.05, 0.1) is 0 Å². The van der Waals surface area contributed by atoms with Crippen LogP contribution in [0.5, 0.6) is 0 Å². The van der Waals surface area contributed by atoms with Crippen LogP contribution < -0.4 is 5.73 Å². The second kappa shape index (κ2) is 1.97. The molecule has 1 saturated carbocycles. The van der Waals surface area contributed by atoms with Crippen LogP contribution in [0.15, 0.2) is 0 Å². The Morgan fingerprint density at radius 3 is 2.10 bits per heavy atom. The van der Waals surface area contributed by atoms with Crippen molar-refractivity contribution in [3.8, 4) is 0 Å². The second-order valence-corrected chi connectivity index (χ2v) is 2.47. The minimum atomic E-state index is -0.868. The number of ketones is 1. The van der Waals surface area contributed by atoms with Gasteiger partial charge >= 0.3 is 6.09 Å². The highest BCUT2D eigenvalue weighted by Gasteiger charge is 2.51. The zero-order valence-corrected chi connectivity index (χ0v) is 5.72. The summed E-state index contributed by atoms with van der Waals surface area (Å²) in [6, 6.07) is 0. The molecule has 0 heterocycles. The van der Waals surface area contributed by atoms with E-state index in [1.165, 1.54) is 6.92 Å². The fourth-order valence-electron chi connectivity index (χ4n) is 0.832. The normalized spacial score (nSPS) is 19.7. The van der Waals surface area contributed by atoms with Crippen molar-refractivity contribution in [3.05, 3.63) is 0 Å². The average Bonchev–Trinajstić information content (AvgIpc) is 2.46. The van der Waals surface area contributed by atoms with Gasteiger partial charge in [0.2, 0.25) is 0 Å². The topological polar surface area (TPSA) is 69.4 Å². The van der Waals surface area contributed by atoms with Gasteiger partial charge in [-0.15, -0.1) is 0 Å². The van der Waals surface area contributed by atoms with Crippen LogP contribution in [0.25, 0.3) is 0 Å². The highest BCUT2D eigenvalue weighted by atomic mass is 16.6. The summed E-state index contributed by atoms with van der Waals surface area (Å²) in [4.78, 5) is 20.9. The molecule has 10 heavy (non-hydrogen) atoms. The minimum Gasteiger partial charge on any atom is -0.435 e. The number of carbonyl (C=O) groups is 2. The molecule has 0 aromatic carbocycles. The Morgan fingerprint density at radius 2 is 2.00 bits per heavy atom. The lowest BCUT2D eigenvalue weighted by molar-refractivity contribution is -0.127. The van der Waals surface area contributed by atoms with E-state index in [1.807, 2.05) is 0 Å². The summed E-state index contributed by atoms with van der Waals surface area (Å²) in [5.41, 5.74) is 3.90. The van der Waals surface area contributed by atoms with Crippen molar-refractivity contribution in [2.45, 2.75) is 25.4 Å². The van der Waals surface area contributed by atoms with E-state index in [2.05, 4.69) is 4.74 Å². The van der Waals surface area contributed by atoms with Crippen molar-refractivity contribution in [2.24, 2.45) is 5.73 Å². The van der Waals surface area contributed by atoms with Crippen LogP contribution in [0, 0.1) is 0 Å². The lowest BCUT2D eigenvalue weighted by Crippen LogP contribution is -2.29. The lowest BCUT2D eigenvalue weighted by Gasteiger charge is -2.09. The zero-order valence-electron chi connectivity index (χ0n) is 5.72. The SMILES string of the molecule is CC(=O)C1(OC(N)=O)CC1. The second-order valence-electron chi connectivity index (χ2n) is 2.47. The molecule has 1 amide bonds. The average molecular weight is 143 g/mol. The van der Waals surface area contributed by atoms with Gasteiger partial charge in [-0.3, -0.25) is 4.79 Å². The van der Waals surface area contributed by atoms with Gasteiger partial charge in [-0.1, -0.05) is 0 Å². The van der Waals surface area contributed by atoms with E-state index in [0.717, 1.165) is 0 Å². The van der Waals surface area contributed by atoms with E-state index >= 15 is 0 Å². The van der Waals surface area contributed by atoms with Gasteiger partial charge in [-0.25, -0.2) is 4.79 Å². The molecule has 0 aromatic rings. The number of rotatable bonds is 2. The molecular weight excluding hydrogens is 134 g/mol. The van der Waals surface area contributed by atoms with Crippen LogP contribution in [-0.4, -0.2) is 17.5 Å². The molecular formula is C6H9NO3. The first-order chi connectivity index (χ1) is 4.57. The van der Waals surface area contributed by atoms with Gasteiger partial charge in [0.25, 0.3) is 0 Å². The summed E-state index contributed by atoms with van der Waals surface area (Å²) in [5.74, 6) is -0.119. The first-order valence-corrected chi connectivity index (χ1v) is 3.06. The van der Waals surface area contributed by atoms with Crippen molar-refractivity contribution in [2.75, 3.05) is 0 Å². The molecule has 0 unspecified atom stereocenters. The maximum atomic E-state index is 10.7. The van der Waals surface area contributed by atoms with E-state index in [1.54, 1.807) is 0 Å². The summed E-state index contributed by atoms with van der Waals surface area (Å²) >= 11 is 0. The molecule has 4 nitrogen and oxygen atoms in total. The predicted octanol–water partition coefficient (Wildman–Crippen LogP) is 0.203. The van der Waals surface area contributed by atoms with E-state index in [4.69, 9.17) is 5.73 Å². The molecule has 0 saturated heterocycles.